The Morgan fingerprint density at radius 2 is 1.69 bits per heavy atom. The van der Waals surface area contributed by atoms with Crippen LogP contribution in [0.15, 0.2) is 48.7 Å². The van der Waals surface area contributed by atoms with Crippen molar-refractivity contribution in [3.05, 3.63) is 59.8 Å². The summed E-state index contributed by atoms with van der Waals surface area (Å²) in [6.45, 7) is 9.07. The average molecular weight is 437 g/mol. The van der Waals surface area contributed by atoms with E-state index in [0.29, 0.717) is 26.2 Å². The zero-order chi connectivity index (χ0) is 22.7. The molecule has 2 fully saturated rings. The Bertz CT molecular complexity index is 932. The highest BCUT2D eigenvalue weighted by molar-refractivity contribution is 5.94. The van der Waals surface area contributed by atoms with Crippen LogP contribution in [-0.4, -0.2) is 65.1 Å². The number of amides is 2. The molecule has 0 unspecified atom stereocenters. The van der Waals surface area contributed by atoms with Crippen molar-refractivity contribution in [1.29, 1.82) is 0 Å². The Labute approximate surface area is 190 Å². The molecule has 32 heavy (non-hydrogen) atoms. The Kier molecular flexibility index (Phi) is 6.35. The Morgan fingerprint density at radius 3 is 2.31 bits per heavy atom. The number of likely N-dealkylation sites (tertiary alicyclic amines) is 1. The number of carbonyl (C=O) groups excluding carboxylic acids is 2. The molecular weight excluding hydrogens is 404 g/mol. The Morgan fingerprint density at radius 1 is 0.969 bits per heavy atom. The molecule has 170 valence electrons. The summed E-state index contributed by atoms with van der Waals surface area (Å²) < 4.78 is 5.47. The highest BCUT2D eigenvalue weighted by Gasteiger charge is 2.31. The van der Waals surface area contributed by atoms with Crippen LogP contribution in [0.3, 0.4) is 0 Å². The molecule has 0 bridgehead atoms. The number of rotatable bonds is 3. The maximum Gasteiger partial charge on any atom is 0.410 e. The number of hydrogen-bond donors (Lipinski definition) is 0. The van der Waals surface area contributed by atoms with Crippen LogP contribution < -0.4 is 4.90 Å². The minimum Gasteiger partial charge on any atom is -0.444 e. The molecule has 0 N–H and O–H groups in total. The molecule has 2 aromatic rings. The van der Waals surface area contributed by atoms with Crippen LogP contribution >= 0.6 is 0 Å². The van der Waals surface area contributed by atoms with Crippen molar-refractivity contribution in [3.8, 4) is 0 Å². The standard InChI is InChI=1S/C25H32N4O3/c1-25(2,3)32-24(31)28-16-14-27(15-17-28)22-12-11-20(18-26-22)21-10-7-13-29(21)23(30)19-8-5-4-6-9-19/h4-6,8-9,11-12,18,21H,7,10,13-17H2,1-3H3/t21-/m0/s1. The third-order valence-electron chi connectivity index (χ3n) is 5.95. The molecule has 0 radical (unpaired) electrons. The van der Waals surface area contributed by atoms with Crippen molar-refractivity contribution in [1.82, 2.24) is 14.8 Å². The molecule has 1 aromatic heterocycles. The minimum atomic E-state index is -0.485. The van der Waals surface area contributed by atoms with E-state index in [1.54, 1.807) is 4.90 Å². The lowest BCUT2D eigenvalue weighted by Crippen LogP contribution is -2.50. The van der Waals surface area contributed by atoms with Gasteiger partial charge < -0.3 is 19.4 Å². The summed E-state index contributed by atoms with van der Waals surface area (Å²) in [6, 6.07) is 13.6. The van der Waals surface area contributed by atoms with Crippen molar-refractivity contribution in [2.45, 2.75) is 45.3 Å². The van der Waals surface area contributed by atoms with E-state index in [4.69, 9.17) is 9.72 Å². The topological polar surface area (TPSA) is 66.0 Å². The van der Waals surface area contributed by atoms with Crippen LogP contribution in [0.4, 0.5) is 10.6 Å². The minimum absolute atomic E-state index is 0.0632. The fourth-order valence-electron chi connectivity index (χ4n) is 4.33. The largest absolute Gasteiger partial charge is 0.444 e. The van der Waals surface area contributed by atoms with Crippen LogP contribution in [0.25, 0.3) is 0 Å². The number of aromatic nitrogens is 1. The van der Waals surface area contributed by atoms with Crippen molar-refractivity contribution in [2.75, 3.05) is 37.6 Å². The monoisotopic (exact) mass is 436 g/mol. The first-order valence-corrected chi connectivity index (χ1v) is 11.4. The van der Waals surface area contributed by atoms with Crippen LogP contribution in [-0.2, 0) is 4.74 Å². The Balaban J connectivity index is 1.37. The van der Waals surface area contributed by atoms with E-state index in [-0.39, 0.29) is 18.0 Å². The second kappa shape index (κ2) is 9.18. The van der Waals surface area contributed by atoms with Gasteiger partial charge in [-0.25, -0.2) is 9.78 Å². The molecule has 0 aliphatic carbocycles. The van der Waals surface area contributed by atoms with Crippen LogP contribution in [0, 0.1) is 0 Å². The predicted molar refractivity (Wildman–Crippen MR) is 124 cm³/mol. The summed E-state index contributed by atoms with van der Waals surface area (Å²) in [5.74, 6) is 0.979. The van der Waals surface area contributed by atoms with E-state index in [2.05, 4.69) is 11.0 Å². The number of carbonyl (C=O) groups is 2. The van der Waals surface area contributed by atoms with Gasteiger partial charge in [0.05, 0.1) is 6.04 Å². The molecule has 3 heterocycles. The van der Waals surface area contributed by atoms with Crippen LogP contribution in [0.5, 0.6) is 0 Å². The second-order valence-corrected chi connectivity index (χ2v) is 9.43. The summed E-state index contributed by atoms with van der Waals surface area (Å²) in [6.07, 6.45) is 3.59. The van der Waals surface area contributed by atoms with Gasteiger partial charge in [-0.05, 0) is 57.4 Å². The van der Waals surface area contributed by atoms with E-state index in [1.807, 2.05) is 68.3 Å². The van der Waals surface area contributed by atoms with E-state index in [1.165, 1.54) is 0 Å². The molecule has 2 amide bonds. The number of ether oxygens (including phenoxy) is 1. The molecule has 2 aliphatic heterocycles. The van der Waals surface area contributed by atoms with Gasteiger partial charge in [0, 0.05) is 44.5 Å². The maximum absolute atomic E-state index is 13.0. The third kappa shape index (κ3) is 5.03. The first kappa shape index (κ1) is 22.1. The van der Waals surface area contributed by atoms with E-state index in [0.717, 1.165) is 36.3 Å². The van der Waals surface area contributed by atoms with Crippen LogP contribution in [0.2, 0.25) is 0 Å². The van der Waals surface area contributed by atoms with Gasteiger partial charge in [-0.3, -0.25) is 4.79 Å². The molecule has 0 saturated carbocycles. The zero-order valence-corrected chi connectivity index (χ0v) is 19.2. The van der Waals surface area contributed by atoms with E-state index < -0.39 is 5.60 Å². The first-order chi connectivity index (χ1) is 15.3. The summed E-state index contributed by atoms with van der Waals surface area (Å²) in [7, 11) is 0. The van der Waals surface area contributed by atoms with E-state index in [9.17, 15) is 9.59 Å². The summed E-state index contributed by atoms with van der Waals surface area (Å²) >= 11 is 0. The molecule has 7 heteroatoms. The quantitative estimate of drug-likeness (QED) is 0.724. The average Bonchev–Trinajstić information content (AvgIpc) is 3.28. The summed E-state index contributed by atoms with van der Waals surface area (Å²) in [4.78, 5) is 35.8. The lowest BCUT2D eigenvalue weighted by atomic mass is 10.1. The van der Waals surface area contributed by atoms with Crippen molar-refractivity contribution < 1.29 is 14.3 Å². The van der Waals surface area contributed by atoms with Gasteiger partial charge in [-0.15, -0.1) is 0 Å². The second-order valence-electron chi connectivity index (χ2n) is 9.43. The molecule has 2 saturated heterocycles. The molecule has 0 spiro atoms. The molecule has 7 nitrogen and oxygen atoms in total. The number of nitrogens with zero attached hydrogens (tertiary/aromatic N) is 4. The van der Waals surface area contributed by atoms with Crippen molar-refractivity contribution >= 4 is 17.8 Å². The van der Waals surface area contributed by atoms with Gasteiger partial charge in [0.25, 0.3) is 5.91 Å². The lowest BCUT2D eigenvalue weighted by Gasteiger charge is -2.36. The molecule has 1 atom stereocenters. The fourth-order valence-corrected chi connectivity index (χ4v) is 4.33. The molecular formula is C25H32N4O3. The number of benzene rings is 1. The molecule has 1 aromatic carbocycles. The van der Waals surface area contributed by atoms with Crippen molar-refractivity contribution in [3.63, 3.8) is 0 Å². The third-order valence-corrected chi connectivity index (χ3v) is 5.95. The Hall–Kier alpha value is -3.09. The number of hydrogen-bond acceptors (Lipinski definition) is 5. The van der Waals surface area contributed by atoms with E-state index >= 15 is 0 Å². The fraction of sp³-hybridized carbons (Fsp3) is 0.480. The summed E-state index contributed by atoms with van der Waals surface area (Å²) in [5, 5.41) is 0. The highest BCUT2D eigenvalue weighted by Crippen LogP contribution is 2.33. The number of anilines is 1. The lowest BCUT2D eigenvalue weighted by molar-refractivity contribution is 0.0240. The van der Waals surface area contributed by atoms with Gasteiger partial charge in [-0.1, -0.05) is 24.3 Å². The zero-order valence-electron chi connectivity index (χ0n) is 19.2. The van der Waals surface area contributed by atoms with Crippen molar-refractivity contribution in [2.24, 2.45) is 0 Å². The molecule has 4 rings (SSSR count). The molecule has 2 aliphatic rings. The first-order valence-electron chi connectivity index (χ1n) is 11.4. The normalized spacial score (nSPS) is 19.2. The van der Waals surface area contributed by atoms with Gasteiger partial charge in [0.1, 0.15) is 11.4 Å². The summed E-state index contributed by atoms with van der Waals surface area (Å²) in [5.41, 5.74) is 1.32. The van der Waals surface area contributed by atoms with Gasteiger partial charge in [0.2, 0.25) is 0 Å². The predicted octanol–water partition coefficient (Wildman–Crippen LogP) is 4.12. The SMILES string of the molecule is CC(C)(C)OC(=O)N1CCN(c2ccc([C@@H]3CCCN3C(=O)c3ccccc3)cn2)CC1. The van der Waals surface area contributed by atoms with Gasteiger partial charge in [-0.2, -0.15) is 0 Å². The van der Waals surface area contributed by atoms with Crippen LogP contribution in [0.1, 0.15) is 55.6 Å². The smallest absolute Gasteiger partial charge is 0.410 e. The number of piperazine rings is 1. The number of pyridine rings is 1. The van der Waals surface area contributed by atoms with Gasteiger partial charge in [0.15, 0.2) is 0 Å². The highest BCUT2D eigenvalue weighted by atomic mass is 16.6. The van der Waals surface area contributed by atoms with Gasteiger partial charge >= 0.3 is 6.09 Å². The maximum atomic E-state index is 13.0.